The molecule has 2 heterocycles. The number of nitrogens with zero attached hydrogens (tertiary/aromatic N) is 2. The summed E-state index contributed by atoms with van der Waals surface area (Å²) >= 11 is 3.36. The third-order valence-electron chi connectivity index (χ3n) is 8.10. The molecule has 0 amide bonds. The van der Waals surface area contributed by atoms with E-state index >= 15 is 0 Å². The normalized spacial score (nSPS) is 23.4. The van der Waals surface area contributed by atoms with Gasteiger partial charge >= 0.3 is 0 Å². The van der Waals surface area contributed by atoms with Crippen LogP contribution in [0.5, 0.6) is 0 Å². The fourth-order valence-electron chi connectivity index (χ4n) is 5.90. The van der Waals surface area contributed by atoms with Gasteiger partial charge in [0.2, 0.25) is 11.6 Å². The molecule has 7 heteroatoms. The van der Waals surface area contributed by atoms with Gasteiger partial charge in [0.25, 0.3) is 0 Å². The molecule has 2 aliphatic heterocycles. The Kier molecular flexibility index (Phi) is 9.99. The fraction of sp³-hybridized carbons (Fsp3) is 0.471. The molecule has 0 saturated heterocycles. The molecule has 41 heavy (non-hydrogen) atoms. The summed E-state index contributed by atoms with van der Waals surface area (Å²) in [5.74, 6) is -1.45. The predicted octanol–water partition coefficient (Wildman–Crippen LogP) is 8.60. The summed E-state index contributed by atoms with van der Waals surface area (Å²) in [6, 6.07) is 16.8. The van der Waals surface area contributed by atoms with E-state index in [1.807, 2.05) is 19.1 Å². The van der Waals surface area contributed by atoms with E-state index in [4.69, 9.17) is 4.74 Å². The number of benzene rings is 2. The molecular formula is C34H42N2O3S2. The number of thioether (sulfide) groups is 2. The van der Waals surface area contributed by atoms with Gasteiger partial charge in [-0.3, -0.25) is 9.59 Å². The van der Waals surface area contributed by atoms with E-state index in [1.165, 1.54) is 59.7 Å². The van der Waals surface area contributed by atoms with Crippen LogP contribution in [0.25, 0.3) is 0 Å². The lowest BCUT2D eigenvalue weighted by atomic mass is 9.66. The lowest BCUT2D eigenvalue weighted by molar-refractivity contribution is -0.170. The number of fused-ring (bicyclic) bond motifs is 2. The quantitative estimate of drug-likeness (QED) is 0.161. The van der Waals surface area contributed by atoms with Gasteiger partial charge in [-0.2, -0.15) is 0 Å². The molecule has 218 valence electrons. The second-order valence-electron chi connectivity index (χ2n) is 10.9. The van der Waals surface area contributed by atoms with Gasteiger partial charge in [-0.25, -0.2) is 0 Å². The number of ether oxygens (including phenoxy) is 1. The third-order valence-corrected chi connectivity index (χ3v) is 10.3. The number of hydrogen-bond donors (Lipinski definition) is 0. The largest absolute Gasteiger partial charge is 0.362 e. The highest BCUT2D eigenvalue weighted by molar-refractivity contribution is 8.04. The lowest BCUT2D eigenvalue weighted by Crippen LogP contribution is -2.64. The first-order chi connectivity index (χ1) is 20.0. The minimum Gasteiger partial charge on any atom is -0.362 e. The van der Waals surface area contributed by atoms with Gasteiger partial charge in [-0.05, 0) is 56.2 Å². The average molecular weight is 591 g/mol. The highest BCUT2D eigenvalue weighted by Gasteiger charge is 2.62. The minimum atomic E-state index is -1.28. The Morgan fingerprint density at radius 2 is 1.29 bits per heavy atom. The van der Waals surface area contributed by atoms with E-state index in [1.54, 1.807) is 23.5 Å². The highest BCUT2D eigenvalue weighted by Crippen LogP contribution is 2.51. The fourth-order valence-corrected chi connectivity index (χ4v) is 8.25. The van der Waals surface area contributed by atoms with Crippen molar-refractivity contribution >= 4 is 46.5 Å². The Hall–Kier alpha value is -2.48. The number of para-hydroxylation sites is 2. The molecular weight excluding hydrogens is 549 g/mol. The van der Waals surface area contributed by atoms with Crippen molar-refractivity contribution in [3.8, 4) is 0 Å². The standard InChI is InChI=1S/C34H42N2O3S2/c1-4-7-9-15-21-35-26-17-11-13-19-28(26)40-30(35)23-25-32(37)33(38)34(25,39-6-3)24-31-36(22-16-10-8-5-2)27-18-12-14-20-29(27)41-31/h11-14,17-20,23-25H,4-10,15-16,21-22H2,1-3H3/b30-23-,31-24-. The first-order valence-electron chi connectivity index (χ1n) is 15.3. The Morgan fingerprint density at radius 3 is 1.85 bits per heavy atom. The van der Waals surface area contributed by atoms with Gasteiger partial charge in [-0.1, -0.05) is 100 Å². The van der Waals surface area contributed by atoms with Crippen molar-refractivity contribution in [3.63, 3.8) is 0 Å². The molecule has 0 N–H and O–H groups in total. The van der Waals surface area contributed by atoms with Crippen LogP contribution in [-0.4, -0.2) is 36.9 Å². The molecule has 2 aromatic rings. The van der Waals surface area contributed by atoms with Gasteiger partial charge in [0.15, 0.2) is 5.60 Å². The van der Waals surface area contributed by atoms with Crippen LogP contribution in [0.2, 0.25) is 0 Å². The van der Waals surface area contributed by atoms with Gasteiger partial charge in [0, 0.05) is 29.5 Å². The number of hydrogen-bond acceptors (Lipinski definition) is 7. The molecule has 2 atom stereocenters. The molecule has 2 aromatic carbocycles. The van der Waals surface area contributed by atoms with E-state index in [2.05, 4.69) is 72.2 Å². The van der Waals surface area contributed by atoms with E-state index in [-0.39, 0.29) is 5.78 Å². The zero-order chi connectivity index (χ0) is 28.8. The molecule has 1 saturated carbocycles. The van der Waals surface area contributed by atoms with Crippen LogP contribution < -0.4 is 9.80 Å². The summed E-state index contributed by atoms with van der Waals surface area (Å²) in [6.45, 7) is 8.47. The maximum absolute atomic E-state index is 13.5. The van der Waals surface area contributed by atoms with Gasteiger partial charge in [-0.15, -0.1) is 0 Å². The second-order valence-corrected chi connectivity index (χ2v) is 13.1. The number of carbonyl (C=O) groups excluding carboxylic acids is 2. The van der Waals surface area contributed by atoms with E-state index in [9.17, 15) is 9.59 Å². The number of unbranched alkanes of at least 4 members (excludes halogenated alkanes) is 6. The highest BCUT2D eigenvalue weighted by atomic mass is 32.2. The van der Waals surface area contributed by atoms with Crippen LogP contribution in [-0.2, 0) is 14.3 Å². The summed E-state index contributed by atoms with van der Waals surface area (Å²) in [4.78, 5) is 33.8. The maximum Gasteiger partial charge on any atom is 0.236 e. The predicted molar refractivity (Wildman–Crippen MR) is 172 cm³/mol. The molecule has 5 nitrogen and oxygen atoms in total. The minimum absolute atomic E-state index is 0.352. The first kappa shape index (κ1) is 30.0. The van der Waals surface area contributed by atoms with Crippen LogP contribution in [0.1, 0.15) is 72.1 Å². The molecule has 2 unspecified atom stereocenters. The van der Waals surface area contributed by atoms with Gasteiger partial charge in [0.1, 0.15) is 0 Å². The summed E-state index contributed by atoms with van der Waals surface area (Å²) < 4.78 is 6.29. The maximum atomic E-state index is 13.5. The Bertz CT molecular complexity index is 1320. The third kappa shape index (κ3) is 6.04. The van der Waals surface area contributed by atoms with E-state index in [0.717, 1.165) is 36.0 Å². The number of carbonyl (C=O) groups is 2. The Morgan fingerprint density at radius 1 is 0.756 bits per heavy atom. The molecule has 0 aromatic heterocycles. The zero-order valence-electron chi connectivity index (χ0n) is 24.6. The Balaban J connectivity index is 1.48. The molecule has 1 aliphatic carbocycles. The van der Waals surface area contributed by atoms with Crippen molar-refractivity contribution in [3.05, 3.63) is 70.7 Å². The topological polar surface area (TPSA) is 49.9 Å². The number of rotatable bonds is 14. The van der Waals surface area contributed by atoms with E-state index < -0.39 is 17.3 Å². The second kappa shape index (κ2) is 13.7. The van der Waals surface area contributed by atoms with Crippen LogP contribution in [0.15, 0.2) is 80.5 Å². The average Bonchev–Trinajstić information content (AvgIpc) is 3.52. The molecule has 3 aliphatic rings. The summed E-state index contributed by atoms with van der Waals surface area (Å²) in [5, 5.41) is 2.01. The SMILES string of the molecule is CCCCCCN1/C(=C/C2C(=O)C(=O)C2(/C=C2\Sc3ccccc3N2CCCCCC)OCC)Sc2ccccc21. The molecule has 0 bridgehead atoms. The van der Waals surface area contributed by atoms with Gasteiger partial charge in [0.05, 0.1) is 27.4 Å². The summed E-state index contributed by atoms with van der Waals surface area (Å²) in [5.41, 5.74) is 1.06. The first-order valence-corrected chi connectivity index (χ1v) is 16.9. The van der Waals surface area contributed by atoms with Crippen molar-refractivity contribution in [2.24, 2.45) is 5.92 Å². The van der Waals surface area contributed by atoms with Crippen LogP contribution in [0.3, 0.4) is 0 Å². The molecule has 0 radical (unpaired) electrons. The van der Waals surface area contributed by atoms with Crippen molar-refractivity contribution in [2.45, 2.75) is 87.5 Å². The Labute approximate surface area is 253 Å². The lowest BCUT2D eigenvalue weighted by Gasteiger charge is -2.43. The van der Waals surface area contributed by atoms with Crippen molar-refractivity contribution < 1.29 is 14.3 Å². The number of anilines is 2. The number of ketones is 2. The number of Topliss-reactive ketones (excluding diaryl/α,β-unsaturated/α-hetero) is 2. The van der Waals surface area contributed by atoms with Crippen molar-refractivity contribution in [1.29, 1.82) is 0 Å². The van der Waals surface area contributed by atoms with Crippen LogP contribution >= 0.6 is 23.5 Å². The monoisotopic (exact) mass is 590 g/mol. The van der Waals surface area contributed by atoms with Crippen molar-refractivity contribution in [1.82, 2.24) is 0 Å². The van der Waals surface area contributed by atoms with Gasteiger partial charge < -0.3 is 14.5 Å². The smallest absolute Gasteiger partial charge is 0.236 e. The van der Waals surface area contributed by atoms with Crippen LogP contribution in [0.4, 0.5) is 11.4 Å². The zero-order valence-corrected chi connectivity index (χ0v) is 26.2. The molecule has 0 spiro atoms. The van der Waals surface area contributed by atoms with Crippen molar-refractivity contribution in [2.75, 3.05) is 29.5 Å². The summed E-state index contributed by atoms with van der Waals surface area (Å²) in [7, 11) is 0. The molecule has 5 rings (SSSR count). The molecule has 1 fully saturated rings. The van der Waals surface area contributed by atoms with E-state index in [0.29, 0.717) is 6.61 Å². The van der Waals surface area contributed by atoms with Crippen LogP contribution in [0, 0.1) is 5.92 Å². The summed E-state index contributed by atoms with van der Waals surface area (Å²) in [6.07, 6.45) is 13.3.